The highest BCUT2D eigenvalue weighted by Crippen LogP contribution is 2.19. The van der Waals surface area contributed by atoms with Crippen LogP contribution < -0.4 is 10.1 Å². The highest BCUT2D eigenvalue weighted by molar-refractivity contribution is 5.91. The van der Waals surface area contributed by atoms with Crippen LogP contribution in [0.15, 0.2) is 40.8 Å². The number of nitriles is 1. The molecule has 0 bridgehead atoms. The number of aliphatic hydroxyl groups is 1. The molecule has 2 N–H and O–H groups in total. The predicted molar refractivity (Wildman–Crippen MR) is 92.0 cm³/mol. The molecule has 1 amide bonds. The molecule has 1 atom stereocenters. The fourth-order valence-electron chi connectivity index (χ4n) is 1.96. The quantitative estimate of drug-likeness (QED) is 0.806. The van der Waals surface area contributed by atoms with Gasteiger partial charge in [-0.25, -0.2) is 0 Å². The van der Waals surface area contributed by atoms with E-state index in [4.69, 9.17) is 14.4 Å². The summed E-state index contributed by atoms with van der Waals surface area (Å²) in [5, 5.41) is 21.8. The van der Waals surface area contributed by atoms with E-state index in [-0.39, 0.29) is 24.8 Å². The molecular formula is C19H22N2O4. The Morgan fingerprint density at radius 2 is 2.08 bits per heavy atom. The first-order valence-electron chi connectivity index (χ1n) is 8.04. The Hall–Kier alpha value is -2.78. The number of carbonyl (C=O) groups is 1. The molecule has 2 rings (SSSR count). The molecule has 1 unspecified atom stereocenters. The molecule has 0 aliphatic rings. The van der Waals surface area contributed by atoms with Crippen LogP contribution in [0, 0.1) is 17.2 Å². The molecular weight excluding hydrogens is 320 g/mol. The van der Waals surface area contributed by atoms with Gasteiger partial charge < -0.3 is 19.6 Å². The third-order valence-corrected chi connectivity index (χ3v) is 4.11. The lowest BCUT2D eigenvalue weighted by molar-refractivity contribution is 0.0139. The van der Waals surface area contributed by atoms with Gasteiger partial charge in [0.05, 0.1) is 11.2 Å². The van der Waals surface area contributed by atoms with Gasteiger partial charge in [-0.05, 0) is 37.1 Å². The van der Waals surface area contributed by atoms with E-state index in [9.17, 15) is 9.90 Å². The Labute approximate surface area is 147 Å². The average Bonchev–Trinajstić information content (AvgIpc) is 3.07. The fraction of sp³-hybridized carbons (Fsp3) is 0.368. The Morgan fingerprint density at radius 3 is 2.76 bits per heavy atom. The van der Waals surface area contributed by atoms with Gasteiger partial charge in [0.2, 0.25) is 0 Å². The monoisotopic (exact) mass is 342 g/mol. The molecule has 6 nitrogen and oxygen atoms in total. The first-order chi connectivity index (χ1) is 11.8. The Balaban J connectivity index is 1.94. The van der Waals surface area contributed by atoms with Crippen LogP contribution in [0.1, 0.15) is 42.6 Å². The van der Waals surface area contributed by atoms with E-state index in [0.717, 1.165) is 0 Å². The zero-order valence-corrected chi connectivity index (χ0v) is 14.6. The second-order valence-electron chi connectivity index (χ2n) is 6.36. The van der Waals surface area contributed by atoms with Gasteiger partial charge in [0, 0.05) is 6.54 Å². The van der Waals surface area contributed by atoms with Crippen molar-refractivity contribution in [3.05, 3.63) is 53.5 Å². The molecule has 2 aromatic rings. The van der Waals surface area contributed by atoms with Crippen molar-refractivity contribution in [2.24, 2.45) is 5.92 Å². The van der Waals surface area contributed by atoms with Crippen LogP contribution in [-0.4, -0.2) is 23.2 Å². The standard InChI is InChI=1S/C19H22N2O4/c1-13(2)19(3,23)12-21-18(22)17-9-8-15(25-17)11-24-16-7-5-4-6-14(16)10-20/h4-9,13,23H,11-12H2,1-3H3,(H,21,22). The van der Waals surface area contributed by atoms with Crippen LogP contribution in [0.25, 0.3) is 0 Å². The van der Waals surface area contributed by atoms with Crippen molar-refractivity contribution in [3.63, 3.8) is 0 Å². The van der Waals surface area contributed by atoms with Crippen molar-refractivity contribution in [2.75, 3.05) is 6.54 Å². The Kier molecular flexibility index (Phi) is 5.84. The largest absolute Gasteiger partial charge is 0.484 e. The summed E-state index contributed by atoms with van der Waals surface area (Å²) in [4.78, 5) is 12.1. The maximum Gasteiger partial charge on any atom is 0.287 e. The number of hydrogen-bond donors (Lipinski definition) is 2. The average molecular weight is 342 g/mol. The number of nitrogens with one attached hydrogen (secondary N) is 1. The van der Waals surface area contributed by atoms with Gasteiger partial charge in [-0.15, -0.1) is 0 Å². The number of nitrogens with zero attached hydrogens (tertiary/aromatic N) is 1. The molecule has 0 saturated carbocycles. The molecule has 132 valence electrons. The minimum atomic E-state index is -0.991. The normalized spacial score (nSPS) is 13.1. The summed E-state index contributed by atoms with van der Waals surface area (Å²) >= 11 is 0. The number of hydrogen-bond acceptors (Lipinski definition) is 5. The van der Waals surface area contributed by atoms with Crippen molar-refractivity contribution in [3.8, 4) is 11.8 Å². The number of carbonyl (C=O) groups excluding carboxylic acids is 1. The molecule has 6 heteroatoms. The Bertz CT molecular complexity index is 772. The number of furan rings is 1. The topological polar surface area (TPSA) is 95.5 Å². The summed E-state index contributed by atoms with van der Waals surface area (Å²) < 4.78 is 11.0. The van der Waals surface area contributed by atoms with Gasteiger partial charge in [0.25, 0.3) is 5.91 Å². The highest BCUT2D eigenvalue weighted by atomic mass is 16.5. The number of ether oxygens (including phenoxy) is 1. The number of rotatable bonds is 7. The summed E-state index contributed by atoms with van der Waals surface area (Å²) in [6.45, 7) is 5.67. The van der Waals surface area contributed by atoms with Gasteiger partial charge in [-0.1, -0.05) is 26.0 Å². The van der Waals surface area contributed by atoms with Gasteiger partial charge in [-0.2, -0.15) is 5.26 Å². The second kappa shape index (κ2) is 7.86. The van der Waals surface area contributed by atoms with Gasteiger partial charge >= 0.3 is 0 Å². The second-order valence-corrected chi connectivity index (χ2v) is 6.36. The van der Waals surface area contributed by atoms with E-state index in [1.807, 2.05) is 13.8 Å². The van der Waals surface area contributed by atoms with Gasteiger partial charge in [0.15, 0.2) is 5.76 Å². The van der Waals surface area contributed by atoms with Gasteiger partial charge in [0.1, 0.15) is 24.2 Å². The van der Waals surface area contributed by atoms with E-state index in [1.54, 1.807) is 43.3 Å². The zero-order valence-electron chi connectivity index (χ0n) is 14.6. The van der Waals surface area contributed by atoms with E-state index >= 15 is 0 Å². The highest BCUT2D eigenvalue weighted by Gasteiger charge is 2.26. The number of para-hydroxylation sites is 1. The van der Waals surface area contributed by atoms with Gasteiger partial charge in [-0.3, -0.25) is 4.79 Å². The third-order valence-electron chi connectivity index (χ3n) is 4.11. The van der Waals surface area contributed by atoms with E-state index in [2.05, 4.69) is 11.4 Å². The molecule has 1 heterocycles. The Morgan fingerprint density at radius 1 is 1.36 bits per heavy atom. The van der Waals surface area contributed by atoms with E-state index in [0.29, 0.717) is 17.1 Å². The molecule has 0 radical (unpaired) electrons. The summed E-state index contributed by atoms with van der Waals surface area (Å²) in [5.74, 6) is 0.679. The maximum atomic E-state index is 12.1. The van der Waals surface area contributed by atoms with Crippen molar-refractivity contribution in [1.82, 2.24) is 5.32 Å². The number of amides is 1. The fourth-order valence-corrected chi connectivity index (χ4v) is 1.96. The molecule has 0 fully saturated rings. The van der Waals surface area contributed by atoms with E-state index in [1.165, 1.54) is 0 Å². The first kappa shape index (κ1) is 18.6. The molecule has 0 saturated heterocycles. The lowest BCUT2D eigenvalue weighted by Crippen LogP contribution is -2.44. The molecule has 0 aliphatic heterocycles. The van der Waals surface area contributed by atoms with Crippen LogP contribution in [0.2, 0.25) is 0 Å². The molecule has 25 heavy (non-hydrogen) atoms. The van der Waals surface area contributed by atoms with Crippen LogP contribution in [-0.2, 0) is 6.61 Å². The van der Waals surface area contributed by atoms with Crippen molar-refractivity contribution in [1.29, 1.82) is 5.26 Å². The molecule has 0 spiro atoms. The summed E-state index contributed by atoms with van der Waals surface area (Å²) in [6, 6.07) is 12.1. The van der Waals surface area contributed by atoms with Crippen molar-refractivity contribution < 1.29 is 19.1 Å². The van der Waals surface area contributed by atoms with Crippen molar-refractivity contribution in [2.45, 2.75) is 33.0 Å². The lowest BCUT2D eigenvalue weighted by Gasteiger charge is -2.27. The zero-order chi connectivity index (χ0) is 18.4. The maximum absolute atomic E-state index is 12.1. The van der Waals surface area contributed by atoms with Crippen LogP contribution >= 0.6 is 0 Å². The molecule has 0 aliphatic carbocycles. The smallest absolute Gasteiger partial charge is 0.287 e. The molecule has 1 aromatic carbocycles. The lowest BCUT2D eigenvalue weighted by atomic mass is 9.92. The molecule has 1 aromatic heterocycles. The minimum Gasteiger partial charge on any atom is -0.484 e. The van der Waals surface area contributed by atoms with Crippen LogP contribution in [0.3, 0.4) is 0 Å². The predicted octanol–water partition coefficient (Wildman–Crippen LogP) is 2.87. The first-order valence-corrected chi connectivity index (χ1v) is 8.04. The van der Waals surface area contributed by atoms with Crippen LogP contribution in [0.4, 0.5) is 0 Å². The van der Waals surface area contributed by atoms with Crippen molar-refractivity contribution >= 4 is 5.91 Å². The SMILES string of the molecule is CC(C)C(C)(O)CNC(=O)c1ccc(COc2ccccc2C#N)o1. The minimum absolute atomic E-state index is 0.00793. The summed E-state index contributed by atoms with van der Waals surface area (Å²) in [7, 11) is 0. The summed E-state index contributed by atoms with van der Waals surface area (Å²) in [6.07, 6.45) is 0. The van der Waals surface area contributed by atoms with E-state index < -0.39 is 11.5 Å². The van der Waals surface area contributed by atoms with Crippen LogP contribution in [0.5, 0.6) is 5.75 Å². The number of benzene rings is 1. The summed E-state index contributed by atoms with van der Waals surface area (Å²) in [5.41, 5.74) is -0.558. The third kappa shape index (κ3) is 4.85.